The largest absolute Gasteiger partial charge is 0.483 e. The molecule has 0 bridgehead atoms. The van der Waals surface area contributed by atoms with Crippen LogP contribution in [0.15, 0.2) is 76.3 Å². The third-order valence-electron chi connectivity index (χ3n) is 5.20. The Kier molecular flexibility index (Phi) is 11.2. The predicted molar refractivity (Wildman–Crippen MR) is 153 cm³/mol. The monoisotopic (exact) mass is 634 g/mol. The number of ether oxygens (including phenoxy) is 2. The molecule has 0 aliphatic carbocycles. The average molecular weight is 636 g/mol. The van der Waals surface area contributed by atoms with E-state index in [1.54, 1.807) is 37.3 Å². The lowest BCUT2D eigenvalue weighted by atomic mass is 10.1. The van der Waals surface area contributed by atoms with E-state index in [0.717, 1.165) is 5.56 Å². The molecule has 0 saturated carbocycles. The smallest absolute Gasteiger partial charge is 0.262 e. The van der Waals surface area contributed by atoms with Crippen LogP contribution in [0.4, 0.5) is 0 Å². The number of halogens is 3. The van der Waals surface area contributed by atoms with Crippen LogP contribution in [0.3, 0.4) is 0 Å². The summed E-state index contributed by atoms with van der Waals surface area (Å²) in [6, 6.07) is 18.0. The van der Waals surface area contributed by atoms with Crippen LogP contribution in [-0.2, 0) is 20.8 Å². The third kappa shape index (κ3) is 9.58. The fourth-order valence-corrected chi connectivity index (χ4v) is 4.24. The Labute approximate surface area is 243 Å². The molecule has 0 unspecified atom stereocenters. The maximum absolute atomic E-state index is 13.0. The summed E-state index contributed by atoms with van der Waals surface area (Å²) in [4.78, 5) is 36.9. The Morgan fingerprint density at radius 2 is 1.74 bits per heavy atom. The third-order valence-corrected chi connectivity index (χ3v) is 6.35. The minimum absolute atomic E-state index is 0.222. The van der Waals surface area contributed by atoms with E-state index >= 15 is 0 Å². The number of primary amides is 1. The quantitative estimate of drug-likeness (QED) is 0.202. The van der Waals surface area contributed by atoms with Gasteiger partial charge in [-0.15, -0.1) is 0 Å². The SMILES string of the molecule is C[C@@H](Oc1ccc(Cl)cc1Cl)C(=O)N[C@@H](Cc1ccccc1)C(=O)N/N=C\c1ccc(OCC(N)=O)c(Br)c1. The van der Waals surface area contributed by atoms with Crippen molar-refractivity contribution in [3.63, 3.8) is 0 Å². The minimum atomic E-state index is -0.953. The fourth-order valence-electron chi connectivity index (χ4n) is 3.27. The molecule has 0 aliphatic rings. The van der Waals surface area contributed by atoms with Crippen LogP contribution >= 0.6 is 39.1 Å². The highest BCUT2D eigenvalue weighted by molar-refractivity contribution is 9.10. The molecular weight excluding hydrogens is 611 g/mol. The van der Waals surface area contributed by atoms with Gasteiger partial charge in [-0.05, 0) is 70.4 Å². The maximum Gasteiger partial charge on any atom is 0.262 e. The van der Waals surface area contributed by atoms with Crippen molar-refractivity contribution in [3.8, 4) is 11.5 Å². The molecule has 0 fully saturated rings. The molecule has 4 N–H and O–H groups in total. The predicted octanol–water partition coefficient (Wildman–Crippen LogP) is 4.27. The summed E-state index contributed by atoms with van der Waals surface area (Å²) in [6.07, 6.45) is 0.696. The lowest BCUT2D eigenvalue weighted by Crippen LogP contribution is -2.50. The highest BCUT2D eigenvalue weighted by Gasteiger charge is 2.25. The first kappa shape index (κ1) is 29.9. The van der Waals surface area contributed by atoms with Crippen molar-refractivity contribution >= 4 is 63.1 Å². The molecule has 2 atom stereocenters. The van der Waals surface area contributed by atoms with E-state index in [0.29, 0.717) is 20.8 Å². The van der Waals surface area contributed by atoms with Crippen molar-refractivity contribution in [1.82, 2.24) is 10.7 Å². The maximum atomic E-state index is 13.0. The van der Waals surface area contributed by atoms with E-state index in [-0.39, 0.29) is 23.8 Å². The van der Waals surface area contributed by atoms with Gasteiger partial charge in [0.1, 0.15) is 17.5 Å². The summed E-state index contributed by atoms with van der Waals surface area (Å²) < 4.78 is 11.5. The van der Waals surface area contributed by atoms with Crippen LogP contribution in [0.1, 0.15) is 18.1 Å². The standard InChI is InChI=1S/C27H25BrCl2N4O5/c1-16(39-24-10-8-19(29)13-21(24)30)26(36)33-22(12-17-5-3-2-4-6-17)27(37)34-32-14-18-7-9-23(20(28)11-18)38-15-25(31)35/h2-11,13-14,16,22H,12,15H2,1H3,(H2,31,35)(H,33,36)(H,34,37)/b32-14-/t16-,22+/m1/s1. The molecule has 3 aromatic carbocycles. The van der Waals surface area contributed by atoms with Crippen molar-refractivity contribution in [2.45, 2.75) is 25.5 Å². The van der Waals surface area contributed by atoms with Gasteiger partial charge >= 0.3 is 0 Å². The van der Waals surface area contributed by atoms with Crippen LogP contribution in [0.2, 0.25) is 10.0 Å². The number of benzene rings is 3. The first-order valence-electron chi connectivity index (χ1n) is 11.6. The van der Waals surface area contributed by atoms with Gasteiger partial charge in [0.15, 0.2) is 12.7 Å². The van der Waals surface area contributed by atoms with E-state index in [9.17, 15) is 14.4 Å². The second-order valence-corrected chi connectivity index (χ2v) is 9.96. The highest BCUT2D eigenvalue weighted by Crippen LogP contribution is 2.28. The Hall–Kier alpha value is -3.60. The van der Waals surface area contributed by atoms with E-state index in [4.69, 9.17) is 38.4 Å². The second kappa shape index (κ2) is 14.5. The molecule has 39 heavy (non-hydrogen) atoms. The Morgan fingerprint density at radius 3 is 2.41 bits per heavy atom. The minimum Gasteiger partial charge on any atom is -0.483 e. The first-order valence-corrected chi connectivity index (χ1v) is 13.2. The van der Waals surface area contributed by atoms with E-state index in [2.05, 4.69) is 31.8 Å². The molecule has 0 spiro atoms. The molecule has 9 nitrogen and oxygen atoms in total. The number of carbonyl (C=O) groups excluding carboxylic acids is 3. The van der Waals surface area contributed by atoms with Gasteiger partial charge in [-0.3, -0.25) is 14.4 Å². The topological polar surface area (TPSA) is 132 Å². The zero-order chi connectivity index (χ0) is 28.4. The van der Waals surface area contributed by atoms with Gasteiger partial charge in [0, 0.05) is 11.4 Å². The lowest BCUT2D eigenvalue weighted by Gasteiger charge is -2.21. The number of nitrogens with one attached hydrogen (secondary N) is 2. The lowest BCUT2D eigenvalue weighted by molar-refractivity contribution is -0.132. The van der Waals surface area contributed by atoms with Crippen molar-refractivity contribution in [2.75, 3.05) is 6.61 Å². The number of hydrazone groups is 1. The molecular formula is C27H25BrCl2N4O5. The average Bonchev–Trinajstić information content (AvgIpc) is 2.89. The fraction of sp³-hybridized carbons (Fsp3) is 0.185. The Balaban J connectivity index is 1.67. The van der Waals surface area contributed by atoms with Crippen molar-refractivity contribution in [3.05, 3.63) is 92.4 Å². The molecule has 204 valence electrons. The molecule has 12 heteroatoms. The molecule has 3 amide bonds. The second-order valence-electron chi connectivity index (χ2n) is 8.26. The summed E-state index contributed by atoms with van der Waals surface area (Å²) in [5.74, 6) is -0.925. The van der Waals surface area contributed by atoms with Gasteiger partial charge in [0.25, 0.3) is 17.7 Å². The van der Waals surface area contributed by atoms with Gasteiger partial charge in [-0.25, -0.2) is 5.43 Å². The van der Waals surface area contributed by atoms with Crippen LogP contribution in [0, 0.1) is 0 Å². The summed E-state index contributed by atoms with van der Waals surface area (Å²) in [7, 11) is 0. The number of nitrogens with two attached hydrogens (primary N) is 1. The van der Waals surface area contributed by atoms with E-state index < -0.39 is 29.9 Å². The first-order chi connectivity index (χ1) is 18.6. The van der Waals surface area contributed by atoms with Crippen molar-refractivity contribution in [1.29, 1.82) is 0 Å². The number of hydrogen-bond acceptors (Lipinski definition) is 6. The zero-order valence-electron chi connectivity index (χ0n) is 20.7. The Bertz CT molecular complexity index is 1360. The number of rotatable bonds is 12. The Morgan fingerprint density at radius 1 is 1.03 bits per heavy atom. The number of nitrogens with zero attached hydrogens (tertiary/aromatic N) is 1. The van der Waals surface area contributed by atoms with Gasteiger partial charge in [-0.2, -0.15) is 5.10 Å². The summed E-state index contributed by atoms with van der Waals surface area (Å²) in [6.45, 7) is 1.29. The zero-order valence-corrected chi connectivity index (χ0v) is 23.8. The molecule has 3 rings (SSSR count). The van der Waals surface area contributed by atoms with Crippen LogP contribution in [0.25, 0.3) is 0 Å². The highest BCUT2D eigenvalue weighted by atomic mass is 79.9. The molecule has 0 aromatic heterocycles. The van der Waals surface area contributed by atoms with Crippen LogP contribution < -0.4 is 25.9 Å². The van der Waals surface area contributed by atoms with Gasteiger partial charge in [-0.1, -0.05) is 53.5 Å². The van der Waals surface area contributed by atoms with Crippen molar-refractivity contribution < 1.29 is 23.9 Å². The number of carbonyl (C=O) groups is 3. The van der Waals surface area contributed by atoms with Crippen molar-refractivity contribution in [2.24, 2.45) is 10.8 Å². The van der Waals surface area contributed by atoms with Crippen LogP contribution in [-0.4, -0.2) is 42.7 Å². The van der Waals surface area contributed by atoms with Gasteiger partial charge in [0.05, 0.1) is 15.7 Å². The normalized spacial score (nSPS) is 12.4. The van der Waals surface area contributed by atoms with Crippen LogP contribution in [0.5, 0.6) is 11.5 Å². The molecule has 0 radical (unpaired) electrons. The van der Waals surface area contributed by atoms with E-state index in [1.165, 1.54) is 12.3 Å². The summed E-state index contributed by atoms with van der Waals surface area (Å²) in [5.41, 5.74) is 9.04. The number of hydrogen-bond donors (Lipinski definition) is 3. The van der Waals surface area contributed by atoms with E-state index in [1.807, 2.05) is 30.3 Å². The number of amides is 3. The molecule has 0 heterocycles. The molecule has 0 aliphatic heterocycles. The summed E-state index contributed by atoms with van der Waals surface area (Å²) >= 11 is 15.4. The molecule has 3 aromatic rings. The molecule has 0 saturated heterocycles. The summed E-state index contributed by atoms with van der Waals surface area (Å²) in [5, 5.41) is 7.43. The van der Waals surface area contributed by atoms with Gasteiger partial charge < -0.3 is 20.5 Å². The van der Waals surface area contributed by atoms with Gasteiger partial charge in [0.2, 0.25) is 0 Å².